The van der Waals surface area contributed by atoms with E-state index in [0.717, 1.165) is 0 Å². The van der Waals surface area contributed by atoms with Crippen molar-refractivity contribution in [2.45, 2.75) is 32.1 Å². The number of alkyl halides is 3. The van der Waals surface area contributed by atoms with Gasteiger partial charge in [0.2, 0.25) is 0 Å². The van der Waals surface area contributed by atoms with Gasteiger partial charge in [-0.2, -0.15) is 18.3 Å². The van der Waals surface area contributed by atoms with Crippen LogP contribution in [0.25, 0.3) is 0 Å². The molecule has 0 saturated heterocycles. The maximum Gasteiger partial charge on any atom is 0.390 e. The van der Waals surface area contributed by atoms with Crippen molar-refractivity contribution >= 4 is 15.9 Å². The predicted molar refractivity (Wildman–Crippen MR) is 58.1 cm³/mol. The summed E-state index contributed by atoms with van der Waals surface area (Å²) in [4.78, 5) is 0. The molecule has 0 saturated carbocycles. The van der Waals surface area contributed by atoms with Crippen LogP contribution in [0.5, 0.6) is 0 Å². The van der Waals surface area contributed by atoms with Gasteiger partial charge in [-0.15, -0.1) is 0 Å². The minimum absolute atomic E-state index is 0.530. The number of halogens is 4. The highest BCUT2D eigenvalue weighted by atomic mass is 79.9. The molecule has 1 atom stereocenters. The van der Waals surface area contributed by atoms with Crippen LogP contribution >= 0.6 is 15.9 Å². The van der Waals surface area contributed by atoms with Gasteiger partial charge in [-0.25, -0.2) is 0 Å². The van der Waals surface area contributed by atoms with Crippen LogP contribution in [-0.2, 0) is 6.54 Å². The molecule has 92 valence electrons. The van der Waals surface area contributed by atoms with Crippen LogP contribution in [0.1, 0.15) is 25.1 Å². The lowest BCUT2D eigenvalue weighted by molar-refractivity contribution is -0.140. The molecule has 1 aromatic heterocycles. The molecule has 3 nitrogen and oxygen atoms in total. The van der Waals surface area contributed by atoms with Gasteiger partial charge in [0, 0.05) is 6.54 Å². The monoisotopic (exact) mass is 299 g/mol. The molecule has 0 aliphatic heterocycles. The number of hydrogen-bond acceptors (Lipinski definition) is 2. The largest absolute Gasteiger partial charge is 0.390 e. The fourth-order valence-corrected chi connectivity index (χ4v) is 2.11. The molecule has 0 aliphatic carbocycles. The first-order chi connectivity index (χ1) is 7.39. The molecule has 0 amide bonds. The lowest BCUT2D eigenvalue weighted by Crippen LogP contribution is -2.26. The first-order valence-corrected chi connectivity index (χ1v) is 5.63. The van der Waals surface area contributed by atoms with E-state index in [1.54, 1.807) is 4.68 Å². The van der Waals surface area contributed by atoms with E-state index in [-0.39, 0.29) is 0 Å². The van der Waals surface area contributed by atoms with Crippen LogP contribution in [-0.4, -0.2) is 23.0 Å². The van der Waals surface area contributed by atoms with Crippen molar-refractivity contribution in [2.75, 3.05) is 7.05 Å². The summed E-state index contributed by atoms with van der Waals surface area (Å²) in [5, 5.41) is 6.66. The van der Waals surface area contributed by atoms with Gasteiger partial charge in [0.15, 0.2) is 0 Å². The summed E-state index contributed by atoms with van der Waals surface area (Å²) in [5.74, 6) is 0. The van der Waals surface area contributed by atoms with Crippen molar-refractivity contribution in [1.82, 2.24) is 15.1 Å². The molecule has 0 aliphatic rings. The second-order valence-corrected chi connectivity index (χ2v) is 4.21. The Morgan fingerprint density at radius 1 is 1.56 bits per heavy atom. The Labute approximate surface area is 100 Å². The molecule has 0 bridgehead atoms. The van der Waals surface area contributed by atoms with Crippen LogP contribution in [0, 0.1) is 0 Å². The number of hydrogen-bond donors (Lipinski definition) is 1. The number of nitrogens with zero attached hydrogens (tertiary/aromatic N) is 2. The Hall–Kier alpha value is -0.560. The van der Waals surface area contributed by atoms with Gasteiger partial charge in [-0.3, -0.25) is 4.68 Å². The van der Waals surface area contributed by atoms with Crippen LogP contribution < -0.4 is 5.32 Å². The minimum Gasteiger partial charge on any atom is -0.311 e. The van der Waals surface area contributed by atoms with Gasteiger partial charge >= 0.3 is 6.18 Å². The van der Waals surface area contributed by atoms with E-state index in [2.05, 4.69) is 26.3 Å². The Morgan fingerprint density at radius 2 is 2.19 bits per heavy atom. The van der Waals surface area contributed by atoms with Crippen molar-refractivity contribution in [2.24, 2.45) is 0 Å². The molecule has 16 heavy (non-hydrogen) atoms. The summed E-state index contributed by atoms with van der Waals surface area (Å²) in [6.07, 6.45) is -3.59. The van der Waals surface area contributed by atoms with E-state index >= 15 is 0 Å². The molecule has 1 N–H and O–H groups in total. The van der Waals surface area contributed by atoms with Crippen LogP contribution in [0.4, 0.5) is 13.2 Å². The van der Waals surface area contributed by atoms with E-state index in [1.807, 2.05) is 6.92 Å². The van der Waals surface area contributed by atoms with Crippen molar-refractivity contribution < 1.29 is 13.2 Å². The number of rotatable bonds is 4. The van der Waals surface area contributed by atoms with Gasteiger partial charge in [0.05, 0.1) is 28.8 Å². The van der Waals surface area contributed by atoms with E-state index in [1.165, 1.54) is 13.2 Å². The maximum atomic E-state index is 12.4. The standard InChI is InChI=1S/C9H13BrF3N3/c1-3-16-8(6(10)5-15-16)7(14-2)4-9(11,12)13/h5,7,14H,3-4H2,1-2H3. The summed E-state index contributed by atoms with van der Waals surface area (Å²) in [5.41, 5.74) is 0.530. The Bertz CT molecular complexity index is 348. The molecule has 1 aromatic rings. The highest BCUT2D eigenvalue weighted by Gasteiger charge is 2.34. The summed E-state index contributed by atoms with van der Waals surface area (Å²) in [6, 6.07) is -0.781. The summed E-state index contributed by atoms with van der Waals surface area (Å²) >= 11 is 3.22. The molecule has 0 spiro atoms. The topological polar surface area (TPSA) is 29.9 Å². The Kier molecular flexibility index (Phi) is 4.37. The second-order valence-electron chi connectivity index (χ2n) is 3.35. The normalized spacial score (nSPS) is 14.1. The first kappa shape index (κ1) is 13.5. The van der Waals surface area contributed by atoms with Crippen LogP contribution in [0.2, 0.25) is 0 Å². The van der Waals surface area contributed by atoms with E-state index in [4.69, 9.17) is 0 Å². The third-order valence-corrected chi connectivity index (χ3v) is 2.86. The van der Waals surface area contributed by atoms with Gasteiger partial charge in [0.25, 0.3) is 0 Å². The van der Waals surface area contributed by atoms with Crippen molar-refractivity contribution in [3.05, 3.63) is 16.4 Å². The summed E-state index contributed by atoms with van der Waals surface area (Å²) in [7, 11) is 1.51. The lowest BCUT2D eigenvalue weighted by atomic mass is 10.1. The van der Waals surface area contributed by atoms with Crippen molar-refractivity contribution in [3.63, 3.8) is 0 Å². The smallest absolute Gasteiger partial charge is 0.311 e. The highest BCUT2D eigenvalue weighted by Crippen LogP contribution is 2.32. The van der Waals surface area contributed by atoms with E-state index in [9.17, 15) is 13.2 Å². The Balaban J connectivity index is 2.98. The SMILES string of the molecule is CCn1ncc(Br)c1C(CC(F)(F)F)NC. The van der Waals surface area contributed by atoms with Gasteiger partial charge in [0.1, 0.15) is 0 Å². The van der Waals surface area contributed by atoms with Crippen LogP contribution in [0.15, 0.2) is 10.7 Å². The quantitative estimate of drug-likeness (QED) is 0.926. The minimum atomic E-state index is -4.20. The molecular weight excluding hydrogens is 287 g/mol. The maximum absolute atomic E-state index is 12.4. The highest BCUT2D eigenvalue weighted by molar-refractivity contribution is 9.10. The number of nitrogens with one attached hydrogen (secondary N) is 1. The van der Waals surface area contributed by atoms with Crippen LogP contribution in [0.3, 0.4) is 0 Å². The fourth-order valence-electron chi connectivity index (χ4n) is 1.54. The molecule has 1 unspecified atom stereocenters. The van der Waals surface area contributed by atoms with Gasteiger partial charge < -0.3 is 5.32 Å². The third-order valence-electron chi connectivity index (χ3n) is 2.25. The fraction of sp³-hybridized carbons (Fsp3) is 0.667. The molecule has 0 radical (unpaired) electrons. The van der Waals surface area contributed by atoms with E-state index < -0.39 is 18.6 Å². The summed E-state index contributed by atoms with van der Waals surface area (Å²) in [6.45, 7) is 2.38. The molecule has 1 rings (SSSR count). The number of aromatic nitrogens is 2. The van der Waals surface area contributed by atoms with Crippen molar-refractivity contribution in [1.29, 1.82) is 0 Å². The van der Waals surface area contributed by atoms with E-state index in [0.29, 0.717) is 16.7 Å². The average Bonchev–Trinajstić information content (AvgIpc) is 2.54. The third kappa shape index (κ3) is 3.21. The van der Waals surface area contributed by atoms with Gasteiger partial charge in [-0.1, -0.05) is 0 Å². The number of aryl methyl sites for hydroxylation is 1. The summed E-state index contributed by atoms with van der Waals surface area (Å²) < 4.78 is 39.2. The lowest BCUT2D eigenvalue weighted by Gasteiger charge is -2.19. The molecule has 1 heterocycles. The first-order valence-electron chi connectivity index (χ1n) is 4.84. The molecule has 7 heteroatoms. The predicted octanol–water partition coefficient (Wildman–Crippen LogP) is 2.88. The molecular formula is C9H13BrF3N3. The zero-order valence-electron chi connectivity index (χ0n) is 8.98. The van der Waals surface area contributed by atoms with Gasteiger partial charge in [-0.05, 0) is 29.9 Å². The zero-order valence-corrected chi connectivity index (χ0v) is 10.6. The van der Waals surface area contributed by atoms with Crippen molar-refractivity contribution in [3.8, 4) is 0 Å². The second kappa shape index (κ2) is 5.18. The average molecular weight is 300 g/mol. The molecule has 0 aromatic carbocycles. The zero-order chi connectivity index (χ0) is 12.3. The molecule has 0 fully saturated rings. The Morgan fingerprint density at radius 3 is 2.62 bits per heavy atom.